The summed E-state index contributed by atoms with van der Waals surface area (Å²) < 4.78 is 76.3. The van der Waals surface area contributed by atoms with E-state index in [4.69, 9.17) is 0 Å². The molecular weight excluding hydrogens is 488 g/mol. The molecule has 3 aromatic rings. The molecule has 3 rings (SSSR count). The van der Waals surface area contributed by atoms with Crippen molar-refractivity contribution in [3.05, 3.63) is 47.5 Å². The lowest BCUT2D eigenvalue weighted by atomic mass is 10.0. The molecule has 184 valence electrons. The summed E-state index contributed by atoms with van der Waals surface area (Å²) in [5.74, 6) is -8.15. The number of nitrogens with zero attached hydrogens (tertiary/aromatic N) is 1. The Labute approximate surface area is 190 Å². The Kier molecular flexibility index (Phi) is 6.55. The first-order valence-electron chi connectivity index (χ1n) is 9.64. The quantitative estimate of drug-likeness (QED) is 0.280. The second-order valence-electron chi connectivity index (χ2n) is 7.49. The van der Waals surface area contributed by atoms with Gasteiger partial charge in [0.15, 0.2) is 11.6 Å². The van der Waals surface area contributed by atoms with E-state index >= 15 is 0 Å². The average Bonchev–Trinajstić information content (AvgIpc) is 3.04. The van der Waals surface area contributed by atoms with E-state index in [0.29, 0.717) is 0 Å². The molecule has 0 fully saturated rings. The number of ketones is 4. The van der Waals surface area contributed by atoms with Crippen LogP contribution in [-0.4, -0.2) is 51.1 Å². The Hall–Kier alpha value is -4.03. The van der Waals surface area contributed by atoms with Gasteiger partial charge in [-0.3, -0.25) is 24.0 Å². The fourth-order valence-electron chi connectivity index (χ4n) is 3.45. The Morgan fingerprint density at radius 2 is 1.06 bits per heavy atom. The zero-order valence-electron chi connectivity index (χ0n) is 17.3. The van der Waals surface area contributed by atoms with E-state index in [1.54, 1.807) is 0 Å². The first-order valence-corrected chi connectivity index (χ1v) is 9.64. The maximum absolute atomic E-state index is 12.5. The van der Waals surface area contributed by atoms with Crippen LogP contribution < -0.4 is 0 Å². The number of carboxylic acid groups (broad SMARTS) is 1. The Balaban J connectivity index is 2.12. The van der Waals surface area contributed by atoms with Gasteiger partial charge >= 0.3 is 18.3 Å². The molecule has 7 nitrogen and oxygen atoms in total. The van der Waals surface area contributed by atoms with Gasteiger partial charge in [-0.25, -0.2) is 0 Å². The minimum Gasteiger partial charge on any atom is -0.480 e. The van der Waals surface area contributed by atoms with Crippen molar-refractivity contribution in [2.75, 3.05) is 0 Å². The summed E-state index contributed by atoms with van der Waals surface area (Å²) in [6.07, 6.45) is -13.4. The van der Waals surface area contributed by atoms with Crippen molar-refractivity contribution >= 4 is 50.9 Å². The monoisotopic (exact) mass is 501 g/mol. The summed E-state index contributed by atoms with van der Waals surface area (Å²) in [4.78, 5) is 58.1. The summed E-state index contributed by atoms with van der Waals surface area (Å²) >= 11 is 0. The second kappa shape index (κ2) is 8.96. The molecule has 0 saturated carbocycles. The summed E-state index contributed by atoms with van der Waals surface area (Å²) in [6, 6.07) is 6.85. The molecule has 2 aromatic carbocycles. The predicted octanol–water partition coefficient (Wildman–Crippen LogP) is 4.29. The van der Waals surface area contributed by atoms with Crippen LogP contribution in [0.3, 0.4) is 0 Å². The smallest absolute Gasteiger partial charge is 0.450 e. The van der Waals surface area contributed by atoms with E-state index in [1.807, 2.05) is 0 Å². The van der Waals surface area contributed by atoms with Gasteiger partial charge < -0.3 is 9.67 Å². The summed E-state index contributed by atoms with van der Waals surface area (Å²) in [7, 11) is 0. The van der Waals surface area contributed by atoms with Crippen molar-refractivity contribution in [2.24, 2.45) is 0 Å². The molecule has 0 aliphatic rings. The molecule has 0 atom stereocenters. The van der Waals surface area contributed by atoms with Gasteiger partial charge in [0.25, 0.3) is 0 Å². The number of carbonyl (C=O) groups excluding carboxylic acids is 4. The largest absolute Gasteiger partial charge is 0.480 e. The molecule has 0 spiro atoms. The number of hydrogen-bond acceptors (Lipinski definition) is 5. The van der Waals surface area contributed by atoms with Crippen LogP contribution in [0, 0.1) is 0 Å². The van der Waals surface area contributed by atoms with Crippen molar-refractivity contribution in [3.63, 3.8) is 0 Å². The van der Waals surface area contributed by atoms with Crippen LogP contribution in [-0.2, 0) is 20.9 Å². The van der Waals surface area contributed by atoms with Crippen LogP contribution in [0.25, 0.3) is 21.8 Å². The number of fused-ring (bicyclic) bond motifs is 3. The van der Waals surface area contributed by atoms with Crippen molar-refractivity contribution in [1.82, 2.24) is 4.57 Å². The van der Waals surface area contributed by atoms with Crippen LogP contribution in [0.1, 0.15) is 33.6 Å². The predicted molar refractivity (Wildman–Crippen MR) is 107 cm³/mol. The van der Waals surface area contributed by atoms with Crippen molar-refractivity contribution < 1.29 is 55.4 Å². The zero-order chi connectivity index (χ0) is 26.3. The van der Waals surface area contributed by atoms with Gasteiger partial charge in [0.2, 0.25) is 11.6 Å². The lowest BCUT2D eigenvalue weighted by molar-refractivity contribution is -0.170. The Bertz CT molecular complexity index is 1300. The first kappa shape index (κ1) is 25.6. The number of aliphatic carboxylic acids is 1. The third-order valence-corrected chi connectivity index (χ3v) is 5.08. The van der Waals surface area contributed by atoms with Gasteiger partial charge in [0, 0.05) is 32.9 Å². The normalized spacial score (nSPS) is 12.2. The topological polar surface area (TPSA) is 111 Å². The van der Waals surface area contributed by atoms with Crippen LogP contribution in [0.2, 0.25) is 0 Å². The SMILES string of the molecule is O=C(O)Cn1c2ccc(C(=O)CC(=O)C(F)(F)F)cc2c2cc(C(=O)CC(=O)C(F)(F)F)ccc21. The Morgan fingerprint density at radius 3 is 1.37 bits per heavy atom. The zero-order valence-corrected chi connectivity index (χ0v) is 17.3. The maximum atomic E-state index is 12.5. The van der Waals surface area contributed by atoms with E-state index < -0.39 is 60.8 Å². The minimum absolute atomic E-state index is 0.100. The number of carbonyl (C=O) groups is 5. The summed E-state index contributed by atoms with van der Waals surface area (Å²) in [6.45, 7) is -0.598. The molecule has 0 bridgehead atoms. The molecule has 0 amide bonds. The lowest BCUT2D eigenvalue weighted by Gasteiger charge is -2.06. The molecule has 0 radical (unpaired) electrons. The highest BCUT2D eigenvalue weighted by Gasteiger charge is 2.40. The van der Waals surface area contributed by atoms with Crippen molar-refractivity contribution in [3.8, 4) is 0 Å². The van der Waals surface area contributed by atoms with Gasteiger partial charge in [-0.15, -0.1) is 0 Å². The molecule has 13 heteroatoms. The number of halogens is 6. The third kappa shape index (κ3) is 5.39. The fourth-order valence-corrected chi connectivity index (χ4v) is 3.45. The van der Waals surface area contributed by atoms with Crippen LogP contribution in [0.15, 0.2) is 36.4 Å². The number of hydrogen-bond donors (Lipinski definition) is 1. The first-order chi connectivity index (χ1) is 16.1. The number of carboxylic acids is 1. The van der Waals surface area contributed by atoms with Gasteiger partial charge in [-0.2, -0.15) is 26.3 Å². The molecule has 0 saturated heterocycles. The highest BCUT2D eigenvalue weighted by Crippen LogP contribution is 2.32. The lowest BCUT2D eigenvalue weighted by Crippen LogP contribution is -2.25. The van der Waals surface area contributed by atoms with Gasteiger partial charge in [0.1, 0.15) is 6.54 Å². The molecular formula is C22H13F6NO6. The Morgan fingerprint density at radius 1 is 0.686 bits per heavy atom. The second-order valence-corrected chi connectivity index (χ2v) is 7.49. The van der Waals surface area contributed by atoms with E-state index in [0.717, 1.165) is 24.3 Å². The molecule has 1 aromatic heterocycles. The number of benzene rings is 2. The van der Waals surface area contributed by atoms with Gasteiger partial charge in [-0.05, 0) is 36.4 Å². The van der Waals surface area contributed by atoms with Crippen LogP contribution >= 0.6 is 0 Å². The third-order valence-electron chi connectivity index (χ3n) is 5.08. The van der Waals surface area contributed by atoms with Gasteiger partial charge in [-0.1, -0.05) is 0 Å². The highest BCUT2D eigenvalue weighted by atomic mass is 19.4. The minimum atomic E-state index is -5.22. The number of rotatable bonds is 8. The summed E-state index contributed by atoms with van der Waals surface area (Å²) in [5.41, 5.74) is -0.240. The molecule has 0 unspecified atom stereocenters. The molecule has 1 N–H and O–H groups in total. The highest BCUT2D eigenvalue weighted by molar-refractivity contribution is 6.16. The molecule has 35 heavy (non-hydrogen) atoms. The summed E-state index contributed by atoms with van der Waals surface area (Å²) in [5, 5.41) is 9.42. The molecule has 0 aliphatic heterocycles. The van der Waals surface area contributed by atoms with Crippen molar-refractivity contribution in [1.29, 1.82) is 0 Å². The maximum Gasteiger partial charge on any atom is 0.450 e. The van der Waals surface area contributed by atoms with E-state index in [2.05, 4.69) is 0 Å². The standard InChI is InChI=1S/C22H13F6NO6/c23-21(24,25)18(32)7-16(30)10-1-3-14-12(5-10)13-6-11(17(31)8-19(33)22(26,27)28)2-4-15(13)29(14)9-20(34)35/h1-6H,7-9H2,(H,34,35). The fraction of sp³-hybridized carbons (Fsp3) is 0.227. The number of Topliss-reactive ketones (excluding diaryl/α,β-unsaturated/α-hetero) is 4. The van der Waals surface area contributed by atoms with Crippen LogP contribution in [0.5, 0.6) is 0 Å². The number of alkyl halides is 6. The average molecular weight is 501 g/mol. The molecule has 0 aliphatic carbocycles. The van der Waals surface area contributed by atoms with E-state index in [1.165, 1.54) is 16.7 Å². The molecule has 1 heterocycles. The number of aromatic nitrogens is 1. The van der Waals surface area contributed by atoms with Gasteiger partial charge in [0.05, 0.1) is 12.8 Å². The van der Waals surface area contributed by atoms with E-state index in [9.17, 15) is 55.4 Å². The van der Waals surface area contributed by atoms with Crippen molar-refractivity contribution in [2.45, 2.75) is 31.7 Å². The van der Waals surface area contributed by atoms with E-state index in [-0.39, 0.29) is 32.9 Å². The van der Waals surface area contributed by atoms with Crippen LogP contribution in [0.4, 0.5) is 26.3 Å².